The lowest BCUT2D eigenvalue weighted by molar-refractivity contribution is 0.280. The number of aromatic amines is 2. The van der Waals surface area contributed by atoms with Crippen LogP contribution in [0.5, 0.6) is 11.5 Å². The van der Waals surface area contributed by atoms with Gasteiger partial charge >= 0.3 is 0 Å². The molecule has 0 bridgehead atoms. The summed E-state index contributed by atoms with van der Waals surface area (Å²) < 4.78 is 12.4. The lowest BCUT2D eigenvalue weighted by Gasteiger charge is -2.15. The summed E-state index contributed by atoms with van der Waals surface area (Å²) in [4.78, 5) is 8.58. The SMILES string of the molecule is Cc1[nH]nc2nc(N)c(C#N)c(-c3ccccc3OCCCCCOc3ccccc3-c3c(C#N)c(N)nc4n[nH]c(C)c34)c12. The van der Waals surface area contributed by atoms with E-state index in [1.807, 2.05) is 62.4 Å². The second-order valence-corrected chi connectivity index (χ2v) is 10.6. The Morgan fingerprint density at radius 1 is 0.667 bits per heavy atom. The molecule has 4 heterocycles. The fourth-order valence-electron chi connectivity index (χ4n) is 5.55. The molecule has 2 aromatic carbocycles. The molecule has 0 radical (unpaired) electrons. The molecule has 45 heavy (non-hydrogen) atoms. The molecule has 0 amide bonds. The Balaban J connectivity index is 1.12. The Kier molecular flexibility index (Phi) is 7.87. The summed E-state index contributed by atoms with van der Waals surface area (Å²) in [6.45, 7) is 4.72. The Labute approximate surface area is 258 Å². The molecule has 224 valence electrons. The molecular formula is C33H30N10O2. The van der Waals surface area contributed by atoms with Gasteiger partial charge in [-0.3, -0.25) is 10.2 Å². The molecule has 4 aromatic heterocycles. The second kappa shape index (κ2) is 12.2. The smallest absolute Gasteiger partial charge is 0.183 e. The minimum Gasteiger partial charge on any atom is -0.493 e. The van der Waals surface area contributed by atoms with Crippen molar-refractivity contribution in [3.63, 3.8) is 0 Å². The molecule has 6 aromatic rings. The van der Waals surface area contributed by atoms with Gasteiger partial charge in [0, 0.05) is 33.6 Å². The first kappa shape index (κ1) is 29.0. The number of nitrogens with one attached hydrogen (secondary N) is 2. The van der Waals surface area contributed by atoms with Crippen LogP contribution in [0.25, 0.3) is 44.3 Å². The number of nitrogen functional groups attached to an aromatic ring is 2. The maximum Gasteiger partial charge on any atom is 0.183 e. The molecule has 0 saturated heterocycles. The van der Waals surface area contributed by atoms with E-state index in [4.69, 9.17) is 20.9 Å². The van der Waals surface area contributed by atoms with Crippen molar-refractivity contribution in [2.24, 2.45) is 0 Å². The number of aryl methyl sites for hydroxylation is 2. The van der Waals surface area contributed by atoms with Gasteiger partial charge in [0.1, 0.15) is 46.4 Å². The van der Waals surface area contributed by atoms with E-state index in [1.54, 1.807) is 0 Å². The Bertz CT molecular complexity index is 1980. The second-order valence-electron chi connectivity index (χ2n) is 10.6. The molecule has 0 aliphatic carbocycles. The van der Waals surface area contributed by atoms with E-state index in [1.165, 1.54) is 0 Å². The number of benzene rings is 2. The summed E-state index contributed by atoms with van der Waals surface area (Å²) in [7, 11) is 0. The van der Waals surface area contributed by atoms with E-state index in [0.29, 0.717) is 58.3 Å². The molecule has 0 fully saturated rings. The number of unbranched alkanes of at least 4 members (excludes halogenated alkanes) is 2. The van der Waals surface area contributed by atoms with Gasteiger partial charge in [-0.15, -0.1) is 0 Å². The number of rotatable bonds is 10. The molecule has 0 unspecified atom stereocenters. The Morgan fingerprint density at radius 3 is 1.51 bits per heavy atom. The number of hydrogen-bond donors (Lipinski definition) is 4. The lowest BCUT2D eigenvalue weighted by Crippen LogP contribution is -2.04. The fourth-order valence-corrected chi connectivity index (χ4v) is 5.55. The molecule has 6 rings (SSSR count). The first-order valence-electron chi connectivity index (χ1n) is 14.5. The summed E-state index contributed by atoms with van der Waals surface area (Å²) in [5.41, 5.74) is 18.2. The van der Waals surface area contributed by atoms with Crippen LogP contribution in [-0.4, -0.2) is 43.6 Å². The highest BCUT2D eigenvalue weighted by atomic mass is 16.5. The highest BCUT2D eigenvalue weighted by Gasteiger charge is 2.22. The van der Waals surface area contributed by atoms with Gasteiger partial charge in [-0.05, 0) is 45.2 Å². The van der Waals surface area contributed by atoms with E-state index in [-0.39, 0.29) is 11.6 Å². The average molecular weight is 599 g/mol. The van der Waals surface area contributed by atoms with Gasteiger partial charge in [0.05, 0.1) is 24.0 Å². The van der Waals surface area contributed by atoms with Crippen LogP contribution < -0.4 is 20.9 Å². The highest BCUT2D eigenvalue weighted by Crippen LogP contribution is 2.41. The van der Waals surface area contributed by atoms with Gasteiger partial charge in [-0.2, -0.15) is 20.7 Å². The Hall–Kier alpha value is -6.14. The van der Waals surface area contributed by atoms with Gasteiger partial charge in [-0.25, -0.2) is 9.97 Å². The number of para-hydroxylation sites is 2. The highest BCUT2D eigenvalue weighted by molar-refractivity contribution is 6.02. The molecular weight excluding hydrogens is 568 g/mol. The van der Waals surface area contributed by atoms with E-state index in [9.17, 15) is 10.5 Å². The summed E-state index contributed by atoms with van der Waals surface area (Å²) in [5, 5.41) is 35.7. The van der Waals surface area contributed by atoms with Crippen molar-refractivity contribution >= 4 is 33.7 Å². The standard InChI is InChI=1S/C33H30N10O2/c1-18-26-28(22(16-34)30(36)38-32(26)42-40-18)20-10-4-6-12-24(20)44-14-8-3-9-15-45-25-13-7-5-11-21(25)29-23(17-35)31(37)39-33-27(29)19(2)41-43-33/h4-7,10-13H,3,8-9,14-15H2,1-2H3,(H3,36,38,40,42)(H3,37,39,41,43). The van der Waals surface area contributed by atoms with Crippen molar-refractivity contribution in [2.75, 3.05) is 24.7 Å². The monoisotopic (exact) mass is 598 g/mol. The number of ether oxygens (including phenoxy) is 2. The summed E-state index contributed by atoms with van der Waals surface area (Å²) >= 11 is 0. The molecule has 0 atom stereocenters. The maximum absolute atomic E-state index is 9.91. The lowest BCUT2D eigenvalue weighted by atomic mass is 9.96. The molecule has 6 N–H and O–H groups in total. The quantitative estimate of drug-likeness (QED) is 0.141. The molecule has 0 aliphatic rings. The van der Waals surface area contributed by atoms with Crippen LogP contribution in [0.15, 0.2) is 48.5 Å². The van der Waals surface area contributed by atoms with Gasteiger partial charge in [0.25, 0.3) is 0 Å². The van der Waals surface area contributed by atoms with Crippen LogP contribution in [0.2, 0.25) is 0 Å². The predicted octanol–water partition coefficient (Wildman–Crippen LogP) is 5.72. The molecule has 12 nitrogen and oxygen atoms in total. The number of H-pyrrole nitrogens is 2. The third-order valence-electron chi connectivity index (χ3n) is 7.66. The van der Waals surface area contributed by atoms with Gasteiger partial charge in [0.2, 0.25) is 0 Å². The van der Waals surface area contributed by atoms with Crippen molar-refractivity contribution in [3.05, 3.63) is 71.0 Å². The van der Waals surface area contributed by atoms with Crippen LogP contribution in [0.3, 0.4) is 0 Å². The van der Waals surface area contributed by atoms with E-state index in [0.717, 1.165) is 52.5 Å². The van der Waals surface area contributed by atoms with Crippen molar-refractivity contribution in [1.29, 1.82) is 10.5 Å². The zero-order chi connectivity index (χ0) is 31.5. The number of hydrogen-bond acceptors (Lipinski definition) is 10. The largest absolute Gasteiger partial charge is 0.493 e. The summed E-state index contributed by atoms with van der Waals surface area (Å²) in [6, 6.07) is 19.6. The van der Waals surface area contributed by atoms with E-state index < -0.39 is 0 Å². The number of pyridine rings is 2. The predicted molar refractivity (Wildman–Crippen MR) is 171 cm³/mol. The molecule has 12 heteroatoms. The fraction of sp³-hybridized carbons (Fsp3) is 0.212. The first-order valence-corrected chi connectivity index (χ1v) is 14.5. The number of nitrogens with zero attached hydrogens (tertiary/aromatic N) is 6. The third kappa shape index (κ3) is 5.30. The number of anilines is 2. The number of aromatic nitrogens is 6. The third-order valence-corrected chi connectivity index (χ3v) is 7.66. The topological polar surface area (TPSA) is 201 Å². The minimum absolute atomic E-state index is 0.128. The van der Waals surface area contributed by atoms with Crippen molar-refractivity contribution in [2.45, 2.75) is 33.1 Å². The minimum atomic E-state index is 0.128. The summed E-state index contributed by atoms with van der Waals surface area (Å²) in [5.74, 6) is 1.56. The van der Waals surface area contributed by atoms with Crippen LogP contribution in [0.1, 0.15) is 41.8 Å². The zero-order valence-corrected chi connectivity index (χ0v) is 24.8. The van der Waals surface area contributed by atoms with E-state index >= 15 is 0 Å². The number of nitrogens with two attached hydrogens (primary N) is 2. The Morgan fingerprint density at radius 2 is 1.09 bits per heavy atom. The van der Waals surface area contributed by atoms with Crippen molar-refractivity contribution in [1.82, 2.24) is 30.4 Å². The van der Waals surface area contributed by atoms with Crippen LogP contribution in [0, 0.1) is 36.5 Å². The van der Waals surface area contributed by atoms with Crippen LogP contribution in [-0.2, 0) is 0 Å². The zero-order valence-electron chi connectivity index (χ0n) is 24.8. The van der Waals surface area contributed by atoms with Crippen molar-refractivity contribution in [3.8, 4) is 45.9 Å². The van der Waals surface area contributed by atoms with Crippen LogP contribution >= 0.6 is 0 Å². The van der Waals surface area contributed by atoms with Crippen LogP contribution in [0.4, 0.5) is 11.6 Å². The first-order chi connectivity index (χ1) is 21.9. The van der Waals surface area contributed by atoms with Gasteiger partial charge < -0.3 is 20.9 Å². The molecule has 0 spiro atoms. The summed E-state index contributed by atoms with van der Waals surface area (Å²) in [6.07, 6.45) is 2.44. The van der Waals surface area contributed by atoms with Gasteiger partial charge in [0.15, 0.2) is 11.3 Å². The average Bonchev–Trinajstić information content (AvgIpc) is 3.60. The van der Waals surface area contributed by atoms with Crippen molar-refractivity contribution < 1.29 is 9.47 Å². The molecule has 0 aliphatic heterocycles. The van der Waals surface area contributed by atoms with Gasteiger partial charge in [-0.1, -0.05) is 36.4 Å². The normalized spacial score (nSPS) is 11.0. The maximum atomic E-state index is 9.91. The molecule has 0 saturated carbocycles. The van der Waals surface area contributed by atoms with E-state index in [2.05, 4.69) is 42.5 Å². The number of nitriles is 2. The number of fused-ring (bicyclic) bond motifs is 2.